The zero-order valence-corrected chi connectivity index (χ0v) is 51.0. The molecule has 17 rings (SSSR count). The number of aryl methyl sites for hydroxylation is 2. The molecule has 8 aromatic heterocycles. The van der Waals surface area contributed by atoms with Crippen LogP contribution in [0.25, 0.3) is 123 Å². The van der Waals surface area contributed by atoms with Gasteiger partial charge in [0.15, 0.2) is 0 Å². The van der Waals surface area contributed by atoms with Crippen LogP contribution < -0.4 is 4.74 Å². The summed E-state index contributed by atoms with van der Waals surface area (Å²) in [5, 5.41) is 5.58. The molecule has 0 saturated heterocycles. The summed E-state index contributed by atoms with van der Waals surface area (Å²) in [4.78, 5) is 31.9. The van der Waals surface area contributed by atoms with Crippen LogP contribution >= 0.6 is 0 Å². The van der Waals surface area contributed by atoms with Gasteiger partial charge in [0.25, 0.3) is 0 Å². The lowest BCUT2D eigenvalue weighted by Gasteiger charge is -2.39. The highest BCUT2D eigenvalue weighted by Gasteiger charge is 2.36. The zero-order valence-electron chi connectivity index (χ0n) is 51.0. The number of fused-ring (bicyclic) bond motifs is 12. The quantitative estimate of drug-likeness (QED) is 0.0727. The van der Waals surface area contributed by atoms with E-state index in [9.17, 15) is 4.79 Å². The minimum atomic E-state index is -0.501. The van der Waals surface area contributed by atoms with Crippen molar-refractivity contribution in [3.05, 3.63) is 271 Å². The second-order valence-electron chi connectivity index (χ2n) is 24.9. The molecular formula is C81H64N8O2. The Kier molecular flexibility index (Phi) is 12.7. The number of carbonyl (C=O) groups excluding carboxylic acids is 1. The van der Waals surface area contributed by atoms with Gasteiger partial charge >= 0.3 is 5.97 Å². The number of hydrogen-bond acceptors (Lipinski definition) is 6. The van der Waals surface area contributed by atoms with E-state index >= 15 is 0 Å². The second-order valence-corrected chi connectivity index (χ2v) is 24.9. The lowest BCUT2D eigenvalue weighted by atomic mass is 9.65. The van der Waals surface area contributed by atoms with Crippen LogP contribution in [0.15, 0.2) is 226 Å². The molecule has 0 bridgehead atoms. The van der Waals surface area contributed by atoms with E-state index in [1.807, 2.05) is 61.3 Å². The normalized spacial score (nSPS) is 14.5. The SMILES string of the molecule is C=CC(=O)Oc1ccc2c(c1)c1ncccc1n2-c1ccc(-c2ccc(-n3c4c(c5c(-c6cncc7c6c6ccccc6n7-c6ccc(C7(c8ccc(-n9c%10c(c%11ccncc%119)C=C(C=C)CC%10)cc8)CCCCC7)cc6)nccc53)C=CCC4)cc2C)c(C)c1. The van der Waals surface area contributed by atoms with Crippen LogP contribution in [-0.4, -0.2) is 44.2 Å². The Morgan fingerprint density at radius 1 is 0.527 bits per heavy atom. The van der Waals surface area contributed by atoms with Crippen LogP contribution in [0.2, 0.25) is 0 Å². The van der Waals surface area contributed by atoms with Crippen molar-refractivity contribution in [2.24, 2.45) is 0 Å². The van der Waals surface area contributed by atoms with E-state index in [0.717, 1.165) is 127 Å². The van der Waals surface area contributed by atoms with Crippen LogP contribution in [-0.2, 0) is 23.1 Å². The number of esters is 1. The summed E-state index contributed by atoms with van der Waals surface area (Å²) < 4.78 is 15.1. The number of pyridine rings is 4. The average molecular weight is 1180 g/mol. The Labute approximate surface area is 527 Å². The fraction of sp³-hybridized carbons (Fsp3) is 0.148. The summed E-state index contributed by atoms with van der Waals surface area (Å²) >= 11 is 0. The summed E-state index contributed by atoms with van der Waals surface area (Å²) in [7, 11) is 0. The zero-order chi connectivity index (χ0) is 61.1. The predicted molar refractivity (Wildman–Crippen MR) is 370 cm³/mol. The van der Waals surface area contributed by atoms with Crippen molar-refractivity contribution < 1.29 is 9.53 Å². The smallest absolute Gasteiger partial charge is 0.335 e. The number of hydrogen-bond donors (Lipinski definition) is 0. The number of aromatic nitrogens is 8. The highest BCUT2D eigenvalue weighted by Crippen LogP contribution is 2.48. The molecule has 3 aliphatic rings. The maximum atomic E-state index is 12.1. The molecule has 0 radical (unpaired) electrons. The number of benzene rings is 6. The lowest BCUT2D eigenvalue weighted by molar-refractivity contribution is -0.128. The van der Waals surface area contributed by atoms with Crippen molar-refractivity contribution in [1.29, 1.82) is 0 Å². The van der Waals surface area contributed by atoms with E-state index in [-0.39, 0.29) is 5.41 Å². The van der Waals surface area contributed by atoms with Gasteiger partial charge in [0.2, 0.25) is 0 Å². The first-order valence-corrected chi connectivity index (χ1v) is 31.8. The van der Waals surface area contributed by atoms with Gasteiger partial charge in [-0.05, 0) is 194 Å². The summed E-state index contributed by atoms with van der Waals surface area (Å²) in [6.45, 7) is 12.1. The minimum Gasteiger partial charge on any atom is -0.423 e. The monoisotopic (exact) mass is 1180 g/mol. The maximum absolute atomic E-state index is 12.1. The van der Waals surface area contributed by atoms with Crippen molar-refractivity contribution in [3.8, 4) is 50.9 Å². The van der Waals surface area contributed by atoms with Crippen molar-refractivity contribution in [2.75, 3.05) is 0 Å². The Balaban J connectivity index is 0.718. The maximum Gasteiger partial charge on any atom is 0.335 e. The third-order valence-corrected chi connectivity index (χ3v) is 20.0. The molecule has 3 aliphatic carbocycles. The van der Waals surface area contributed by atoms with E-state index in [2.05, 4.69) is 196 Å². The first-order chi connectivity index (χ1) is 44.8. The molecule has 0 amide bonds. The van der Waals surface area contributed by atoms with Crippen LogP contribution in [0.4, 0.5) is 0 Å². The number of rotatable bonds is 11. The molecule has 0 spiro atoms. The van der Waals surface area contributed by atoms with Gasteiger partial charge in [-0.3, -0.25) is 19.9 Å². The van der Waals surface area contributed by atoms with Gasteiger partial charge in [-0.25, -0.2) is 4.79 Å². The molecule has 91 heavy (non-hydrogen) atoms. The van der Waals surface area contributed by atoms with E-state index < -0.39 is 5.97 Å². The molecule has 0 N–H and O–H groups in total. The molecular weight excluding hydrogens is 1120 g/mol. The molecule has 10 nitrogen and oxygen atoms in total. The van der Waals surface area contributed by atoms with E-state index in [0.29, 0.717) is 5.75 Å². The molecule has 1 saturated carbocycles. The van der Waals surface area contributed by atoms with Crippen molar-refractivity contribution in [1.82, 2.24) is 38.2 Å². The highest BCUT2D eigenvalue weighted by atomic mass is 16.5. The Bertz CT molecular complexity index is 5450. The van der Waals surface area contributed by atoms with E-state index in [1.54, 1.807) is 6.20 Å². The molecule has 6 aromatic carbocycles. The largest absolute Gasteiger partial charge is 0.423 e. The van der Waals surface area contributed by atoms with Gasteiger partial charge in [-0.15, -0.1) is 0 Å². The van der Waals surface area contributed by atoms with E-state index in [4.69, 9.17) is 19.7 Å². The lowest BCUT2D eigenvalue weighted by Crippen LogP contribution is -2.30. The topological polar surface area (TPSA) is 97.6 Å². The molecule has 440 valence electrons. The second kappa shape index (κ2) is 21.4. The molecule has 0 unspecified atom stereocenters. The number of allylic oxidation sites excluding steroid dienone is 3. The van der Waals surface area contributed by atoms with E-state index in [1.165, 1.54) is 97.7 Å². The van der Waals surface area contributed by atoms with Crippen molar-refractivity contribution >= 4 is 83.7 Å². The molecule has 1 fully saturated rings. The average Bonchev–Trinajstić information content (AvgIpc) is 1.57. The molecule has 10 heteroatoms. The van der Waals surface area contributed by atoms with Gasteiger partial charge in [0.05, 0.1) is 56.7 Å². The van der Waals surface area contributed by atoms with Gasteiger partial charge in [0, 0.05) is 114 Å². The molecule has 0 aliphatic heterocycles. The number of para-hydroxylation sites is 1. The van der Waals surface area contributed by atoms with Crippen LogP contribution in [0.3, 0.4) is 0 Å². The van der Waals surface area contributed by atoms with Crippen molar-refractivity contribution in [3.63, 3.8) is 0 Å². The first kappa shape index (κ1) is 54.2. The molecule has 0 atom stereocenters. The number of carbonyl (C=O) groups is 1. The summed E-state index contributed by atoms with van der Waals surface area (Å²) in [5.41, 5.74) is 27.4. The third-order valence-electron chi connectivity index (χ3n) is 20.0. The molecule has 8 heterocycles. The summed E-state index contributed by atoms with van der Waals surface area (Å²) in [6.07, 6.45) is 31.6. The van der Waals surface area contributed by atoms with Gasteiger partial charge in [-0.2, -0.15) is 0 Å². The summed E-state index contributed by atoms with van der Waals surface area (Å²) in [5.74, 6) is -0.0523. The third kappa shape index (κ3) is 8.49. The number of nitrogens with zero attached hydrogens (tertiary/aromatic N) is 8. The van der Waals surface area contributed by atoms with Crippen LogP contribution in [0.5, 0.6) is 5.75 Å². The van der Waals surface area contributed by atoms with Crippen LogP contribution in [0, 0.1) is 13.8 Å². The summed E-state index contributed by atoms with van der Waals surface area (Å²) in [6, 6.07) is 55.5. The minimum absolute atomic E-state index is 0.0951. The Hall–Kier alpha value is -11.0. The Morgan fingerprint density at radius 2 is 1.21 bits per heavy atom. The first-order valence-electron chi connectivity index (χ1n) is 31.8. The Morgan fingerprint density at radius 3 is 1.97 bits per heavy atom. The highest BCUT2D eigenvalue weighted by molar-refractivity contribution is 6.18. The van der Waals surface area contributed by atoms with Crippen LogP contribution in [0.1, 0.15) is 89.7 Å². The fourth-order valence-corrected chi connectivity index (χ4v) is 15.9. The van der Waals surface area contributed by atoms with Crippen molar-refractivity contribution in [2.45, 2.75) is 77.0 Å². The number of ether oxygens (including phenoxy) is 1. The predicted octanol–water partition coefficient (Wildman–Crippen LogP) is 19.1. The fourth-order valence-electron chi connectivity index (χ4n) is 15.9. The molecule has 14 aromatic rings. The van der Waals surface area contributed by atoms with Gasteiger partial charge in [0.1, 0.15) is 5.75 Å². The van der Waals surface area contributed by atoms with Gasteiger partial charge < -0.3 is 23.0 Å². The van der Waals surface area contributed by atoms with Gasteiger partial charge in [-0.1, -0.05) is 105 Å². The standard InChI is InChI=1S/C81H64N8O2/c1-5-52-20-34-70-65(45-52)62-36-41-82-48-74(62)86(70)55-25-21-53(22-26-55)81(38-12-7-13-39-81)54-23-27-56(28-24-54)87-68-17-10-8-15-63(68)77-67(47-83-49-75(77)87)80-78-64-16-9-11-18-69(64)88(72(78)37-42-85-80)57-29-32-60(50(3)43-57)61-33-30-58(44-51(61)4)89-71-35-31-59(91-76(90)6-2)46-66(71)79-73(89)19-14-40-84-79/h5-6,8-10,14-17,19,21-33,35-37,40-49H,1-2,7,11-13,18,20,34,38-39H2,3-4H3.